The Bertz CT molecular complexity index is 90.1. The van der Waals surface area contributed by atoms with Crippen molar-refractivity contribution in [1.82, 2.24) is 9.80 Å². The van der Waals surface area contributed by atoms with Crippen molar-refractivity contribution in [3.8, 4) is 0 Å². The van der Waals surface area contributed by atoms with E-state index in [4.69, 9.17) is 4.74 Å². The van der Waals surface area contributed by atoms with Gasteiger partial charge in [0.2, 0.25) is 0 Å². The second-order valence-electron chi connectivity index (χ2n) is 2.95. The van der Waals surface area contributed by atoms with Gasteiger partial charge in [-0.05, 0) is 14.1 Å². The fraction of sp³-hybridized carbons (Fsp3) is 1.00. The smallest absolute Gasteiger partial charge is 0.0594 e. The van der Waals surface area contributed by atoms with Gasteiger partial charge in [0.25, 0.3) is 0 Å². The van der Waals surface area contributed by atoms with E-state index in [2.05, 4.69) is 23.9 Å². The zero-order chi connectivity index (χ0) is 7.40. The van der Waals surface area contributed by atoms with Crippen LogP contribution in [0.5, 0.6) is 0 Å². The summed E-state index contributed by atoms with van der Waals surface area (Å²) < 4.78 is 5.22. The number of hydrogen-bond donors (Lipinski definition) is 0. The SMILES string of the molecule is C.CN(C)CN1CCOCC1. The molecule has 0 saturated carbocycles. The molecule has 0 aromatic heterocycles. The first-order chi connectivity index (χ1) is 4.79. The largest absolute Gasteiger partial charge is 0.379 e. The molecule has 0 aliphatic carbocycles. The van der Waals surface area contributed by atoms with Crippen LogP contribution in [0.3, 0.4) is 0 Å². The maximum atomic E-state index is 5.22. The van der Waals surface area contributed by atoms with Crippen molar-refractivity contribution in [2.75, 3.05) is 47.1 Å². The summed E-state index contributed by atoms with van der Waals surface area (Å²) in [5.74, 6) is 0. The van der Waals surface area contributed by atoms with Gasteiger partial charge in [0.1, 0.15) is 0 Å². The Morgan fingerprint density at radius 2 is 1.82 bits per heavy atom. The number of ether oxygens (including phenoxy) is 1. The lowest BCUT2D eigenvalue weighted by Gasteiger charge is -2.28. The Kier molecular flexibility index (Phi) is 5.46. The fourth-order valence-corrected chi connectivity index (χ4v) is 1.14. The molecule has 3 nitrogen and oxygen atoms in total. The molecule has 0 atom stereocenters. The maximum absolute atomic E-state index is 5.22. The van der Waals surface area contributed by atoms with E-state index in [1.54, 1.807) is 0 Å². The summed E-state index contributed by atoms with van der Waals surface area (Å²) in [4.78, 5) is 4.58. The summed E-state index contributed by atoms with van der Waals surface area (Å²) in [7, 11) is 4.19. The van der Waals surface area contributed by atoms with E-state index in [-0.39, 0.29) is 7.43 Å². The molecule has 68 valence electrons. The minimum atomic E-state index is 0. The topological polar surface area (TPSA) is 15.7 Å². The van der Waals surface area contributed by atoms with Crippen LogP contribution in [0.2, 0.25) is 0 Å². The van der Waals surface area contributed by atoms with Crippen LogP contribution in [0.1, 0.15) is 7.43 Å². The summed E-state index contributed by atoms with van der Waals surface area (Å²) in [5, 5.41) is 0. The molecule has 0 spiro atoms. The zero-order valence-corrected chi connectivity index (χ0v) is 6.84. The van der Waals surface area contributed by atoms with Crippen LogP contribution < -0.4 is 0 Å². The van der Waals surface area contributed by atoms with E-state index in [0.717, 1.165) is 33.0 Å². The molecule has 1 aliphatic rings. The van der Waals surface area contributed by atoms with Gasteiger partial charge in [0.05, 0.1) is 19.9 Å². The van der Waals surface area contributed by atoms with E-state index >= 15 is 0 Å². The Hall–Kier alpha value is -0.120. The molecule has 0 N–H and O–H groups in total. The standard InChI is InChI=1S/C7H16N2O.CH4/c1-8(2)7-9-3-5-10-6-4-9;/h3-7H2,1-2H3;1H4. The van der Waals surface area contributed by atoms with Gasteiger partial charge in [0.15, 0.2) is 0 Å². The average Bonchev–Trinajstić information content (AvgIpc) is 1.88. The molecule has 1 saturated heterocycles. The number of hydrogen-bond acceptors (Lipinski definition) is 3. The fourth-order valence-electron chi connectivity index (χ4n) is 1.14. The number of rotatable bonds is 2. The third-order valence-electron chi connectivity index (χ3n) is 1.59. The highest BCUT2D eigenvalue weighted by molar-refractivity contribution is 4.59. The van der Waals surface area contributed by atoms with Crippen molar-refractivity contribution in [3.05, 3.63) is 0 Å². The lowest BCUT2D eigenvalue weighted by molar-refractivity contribution is 0.0189. The predicted octanol–water partition coefficient (Wildman–Crippen LogP) is 0.474. The van der Waals surface area contributed by atoms with E-state index in [1.807, 2.05) is 0 Å². The minimum Gasteiger partial charge on any atom is -0.379 e. The van der Waals surface area contributed by atoms with Crippen molar-refractivity contribution in [2.45, 2.75) is 7.43 Å². The van der Waals surface area contributed by atoms with Gasteiger partial charge in [-0.15, -0.1) is 0 Å². The molecular formula is C8H20N2O. The zero-order valence-electron chi connectivity index (χ0n) is 6.84. The van der Waals surface area contributed by atoms with Gasteiger partial charge in [0, 0.05) is 13.1 Å². The monoisotopic (exact) mass is 160 g/mol. The van der Waals surface area contributed by atoms with Crippen LogP contribution in [0, 0.1) is 0 Å². The van der Waals surface area contributed by atoms with Gasteiger partial charge in [-0.1, -0.05) is 7.43 Å². The molecule has 3 heteroatoms. The molecule has 0 aromatic carbocycles. The Morgan fingerprint density at radius 1 is 1.27 bits per heavy atom. The first-order valence-corrected chi connectivity index (χ1v) is 3.74. The summed E-state index contributed by atoms with van der Waals surface area (Å²) in [6.07, 6.45) is 0. The predicted molar refractivity (Wildman–Crippen MR) is 47.7 cm³/mol. The van der Waals surface area contributed by atoms with Gasteiger partial charge >= 0.3 is 0 Å². The molecule has 1 fully saturated rings. The van der Waals surface area contributed by atoms with Crippen LogP contribution >= 0.6 is 0 Å². The summed E-state index contributed by atoms with van der Waals surface area (Å²) in [6, 6.07) is 0. The van der Waals surface area contributed by atoms with Crippen molar-refractivity contribution in [2.24, 2.45) is 0 Å². The van der Waals surface area contributed by atoms with Crippen LogP contribution in [0.25, 0.3) is 0 Å². The highest BCUT2D eigenvalue weighted by Crippen LogP contribution is 1.95. The molecule has 0 aromatic rings. The van der Waals surface area contributed by atoms with Crippen molar-refractivity contribution >= 4 is 0 Å². The van der Waals surface area contributed by atoms with Crippen molar-refractivity contribution in [3.63, 3.8) is 0 Å². The summed E-state index contributed by atoms with van der Waals surface area (Å²) in [5.41, 5.74) is 0. The number of morpholine rings is 1. The molecule has 1 rings (SSSR count). The van der Waals surface area contributed by atoms with Gasteiger partial charge < -0.3 is 4.74 Å². The molecule has 0 radical (unpaired) electrons. The van der Waals surface area contributed by atoms with Gasteiger partial charge in [-0.25, -0.2) is 0 Å². The molecule has 11 heavy (non-hydrogen) atoms. The van der Waals surface area contributed by atoms with Crippen molar-refractivity contribution in [1.29, 1.82) is 0 Å². The highest BCUT2D eigenvalue weighted by atomic mass is 16.5. The Morgan fingerprint density at radius 3 is 2.27 bits per heavy atom. The highest BCUT2D eigenvalue weighted by Gasteiger charge is 2.09. The van der Waals surface area contributed by atoms with Crippen LogP contribution in [-0.4, -0.2) is 56.9 Å². The second-order valence-corrected chi connectivity index (χ2v) is 2.95. The Labute approximate surface area is 69.9 Å². The van der Waals surface area contributed by atoms with Crippen molar-refractivity contribution < 1.29 is 4.74 Å². The molecular weight excluding hydrogens is 140 g/mol. The van der Waals surface area contributed by atoms with E-state index in [9.17, 15) is 0 Å². The third-order valence-corrected chi connectivity index (χ3v) is 1.59. The molecule has 0 unspecified atom stereocenters. The molecule has 1 heterocycles. The number of nitrogens with zero attached hydrogens (tertiary/aromatic N) is 2. The molecule has 0 amide bonds. The van der Waals surface area contributed by atoms with Gasteiger partial charge in [-0.2, -0.15) is 0 Å². The molecule has 1 aliphatic heterocycles. The van der Waals surface area contributed by atoms with E-state index < -0.39 is 0 Å². The van der Waals surface area contributed by atoms with Crippen LogP contribution in [-0.2, 0) is 4.74 Å². The van der Waals surface area contributed by atoms with Crippen LogP contribution in [0.4, 0.5) is 0 Å². The maximum Gasteiger partial charge on any atom is 0.0594 e. The second kappa shape index (κ2) is 5.52. The first-order valence-electron chi connectivity index (χ1n) is 3.74. The first kappa shape index (κ1) is 10.9. The third kappa shape index (κ3) is 4.35. The quantitative estimate of drug-likeness (QED) is 0.584. The summed E-state index contributed by atoms with van der Waals surface area (Å²) in [6.45, 7) is 5.02. The van der Waals surface area contributed by atoms with Crippen LogP contribution in [0.15, 0.2) is 0 Å². The normalized spacial score (nSPS) is 19.9. The lowest BCUT2D eigenvalue weighted by Crippen LogP contribution is -2.41. The minimum absolute atomic E-state index is 0. The van der Waals surface area contributed by atoms with E-state index in [0.29, 0.717) is 0 Å². The molecule has 0 bridgehead atoms. The van der Waals surface area contributed by atoms with Gasteiger partial charge in [-0.3, -0.25) is 9.80 Å². The lowest BCUT2D eigenvalue weighted by atomic mass is 10.4. The van der Waals surface area contributed by atoms with E-state index in [1.165, 1.54) is 0 Å². The summed E-state index contributed by atoms with van der Waals surface area (Å²) >= 11 is 0. The average molecular weight is 160 g/mol. The Balaban J connectivity index is 0.000001000.